The number of benzene rings is 4. The molecule has 0 spiro atoms. The van der Waals surface area contributed by atoms with Crippen LogP contribution in [0.5, 0.6) is 46.3 Å². The van der Waals surface area contributed by atoms with Crippen LogP contribution in [0.15, 0.2) is 156 Å². The monoisotopic (exact) mass is 1120 g/mol. The van der Waals surface area contributed by atoms with Gasteiger partial charge in [0.25, 0.3) is 0 Å². The Labute approximate surface area is 471 Å². The maximum absolute atomic E-state index is 13.5. The summed E-state index contributed by atoms with van der Waals surface area (Å²) in [7, 11) is 6.28. The maximum atomic E-state index is 13.5. The van der Waals surface area contributed by atoms with Crippen molar-refractivity contribution in [3.05, 3.63) is 195 Å². The minimum Gasteiger partial charge on any atom is -0.493 e. The number of methoxy groups -OCH3 is 4. The summed E-state index contributed by atoms with van der Waals surface area (Å²) in [5, 5.41) is 18.8. The Morgan fingerprint density at radius 2 is 0.988 bits per heavy atom. The number of nitrogens with zero attached hydrogens (tertiary/aromatic N) is 8. The molecule has 12 rings (SSSR count). The molecule has 0 amide bonds. The molecule has 0 radical (unpaired) electrons. The van der Waals surface area contributed by atoms with E-state index < -0.39 is 39.9 Å². The normalized spacial score (nSPS) is 12.5. The molecule has 0 unspecified atom stereocenters. The molecular formula is C61H51F2N9O11. The lowest BCUT2D eigenvalue weighted by Gasteiger charge is -2.12. The quantitative estimate of drug-likeness (QED) is 0.0852. The average molecular weight is 1120 g/mol. The molecule has 10 aromatic rings. The number of Topliss-reactive ketones (excluding diaryl/α,β-unsaturated/α-hetero) is 1. The fourth-order valence-electron chi connectivity index (χ4n) is 8.66. The van der Waals surface area contributed by atoms with Gasteiger partial charge >= 0.3 is 5.97 Å². The summed E-state index contributed by atoms with van der Waals surface area (Å²) in [4.78, 5) is 67.0. The van der Waals surface area contributed by atoms with Crippen LogP contribution in [0, 0.1) is 11.6 Å². The molecule has 22 heteroatoms. The van der Waals surface area contributed by atoms with Gasteiger partial charge in [-0.2, -0.15) is 10.2 Å². The predicted octanol–water partition coefficient (Wildman–Crippen LogP) is 10.7. The Morgan fingerprint density at radius 1 is 0.554 bits per heavy atom. The fourth-order valence-corrected chi connectivity index (χ4v) is 8.66. The first kappa shape index (κ1) is 55.7. The third kappa shape index (κ3) is 12.9. The molecule has 83 heavy (non-hydrogen) atoms. The van der Waals surface area contributed by atoms with Crippen molar-refractivity contribution in [3.8, 4) is 68.5 Å². The van der Waals surface area contributed by atoms with E-state index in [-0.39, 0.29) is 29.8 Å². The highest BCUT2D eigenvalue weighted by molar-refractivity contribution is 5.96. The molecule has 0 bridgehead atoms. The summed E-state index contributed by atoms with van der Waals surface area (Å²) in [5.74, 6) is 1.64. The summed E-state index contributed by atoms with van der Waals surface area (Å²) in [6.07, 6.45) is 13.2. The SMILES string of the molecule is COc1cc2nccc(Oc3ccc(CC(=O)c4nn(C5CC5)cc(-c5ccc(F)cc5)c4=O)cn3)c2cc1OC.COc1cc2nccc(Oc3ccc(N)cn3)c2cc1OC.O=C(O)c1nn(C2CC2)cc(-c2ccc(F)cc2)c1=O. The van der Waals surface area contributed by atoms with Crippen LogP contribution in [0.1, 0.15) is 64.3 Å². The van der Waals surface area contributed by atoms with Crippen LogP contribution >= 0.6 is 0 Å². The molecule has 420 valence electrons. The van der Waals surface area contributed by atoms with Crippen molar-refractivity contribution < 1.29 is 51.9 Å². The minimum absolute atomic E-state index is 0.0672. The van der Waals surface area contributed by atoms with Crippen molar-refractivity contribution in [3.63, 3.8) is 0 Å². The van der Waals surface area contributed by atoms with Crippen LogP contribution in [-0.2, 0) is 6.42 Å². The van der Waals surface area contributed by atoms with Gasteiger partial charge in [-0.3, -0.25) is 33.7 Å². The first-order valence-electron chi connectivity index (χ1n) is 25.8. The lowest BCUT2D eigenvalue weighted by atomic mass is 10.0. The number of ether oxygens (including phenoxy) is 6. The van der Waals surface area contributed by atoms with E-state index in [1.807, 2.05) is 6.07 Å². The Bertz CT molecular complexity index is 4160. The van der Waals surface area contributed by atoms with Crippen molar-refractivity contribution in [2.45, 2.75) is 44.2 Å². The molecule has 20 nitrogen and oxygen atoms in total. The number of ketones is 1. The molecule has 2 aliphatic rings. The number of fused-ring (bicyclic) bond motifs is 2. The molecule has 3 N–H and O–H groups in total. The van der Waals surface area contributed by atoms with Gasteiger partial charge in [-0.15, -0.1) is 0 Å². The van der Waals surface area contributed by atoms with Gasteiger partial charge in [-0.05, 0) is 97.0 Å². The number of nitrogen functional groups attached to an aromatic ring is 1. The maximum Gasteiger partial charge on any atom is 0.360 e. The molecule has 0 aliphatic heterocycles. The van der Waals surface area contributed by atoms with Gasteiger partial charge < -0.3 is 39.3 Å². The van der Waals surface area contributed by atoms with Crippen LogP contribution in [0.4, 0.5) is 14.5 Å². The van der Waals surface area contributed by atoms with Crippen molar-refractivity contribution in [2.75, 3.05) is 34.2 Å². The van der Waals surface area contributed by atoms with E-state index in [9.17, 15) is 28.0 Å². The highest BCUT2D eigenvalue weighted by Crippen LogP contribution is 2.39. The zero-order valence-electron chi connectivity index (χ0n) is 45.0. The fraction of sp³-hybridized carbons (Fsp3) is 0.180. The Balaban J connectivity index is 0.000000154. The molecule has 2 aliphatic carbocycles. The molecule has 4 aromatic carbocycles. The smallest absolute Gasteiger partial charge is 0.360 e. The number of carbonyl (C=O) groups is 2. The highest BCUT2D eigenvalue weighted by Gasteiger charge is 2.29. The van der Waals surface area contributed by atoms with Crippen molar-refractivity contribution in [1.29, 1.82) is 0 Å². The van der Waals surface area contributed by atoms with Crippen LogP contribution in [0.3, 0.4) is 0 Å². The number of hydrogen-bond acceptors (Lipinski definition) is 17. The van der Waals surface area contributed by atoms with Crippen LogP contribution in [-0.4, -0.2) is 84.8 Å². The van der Waals surface area contributed by atoms with E-state index in [2.05, 4.69) is 30.1 Å². The second-order valence-electron chi connectivity index (χ2n) is 19.0. The summed E-state index contributed by atoms with van der Waals surface area (Å²) in [6, 6.07) is 28.8. The van der Waals surface area contributed by atoms with Gasteiger partial charge in [0, 0.05) is 83.6 Å². The highest BCUT2D eigenvalue weighted by atomic mass is 19.1. The first-order valence-corrected chi connectivity index (χ1v) is 25.8. The molecule has 6 heterocycles. The minimum atomic E-state index is -1.35. The summed E-state index contributed by atoms with van der Waals surface area (Å²) >= 11 is 0. The van der Waals surface area contributed by atoms with E-state index in [0.29, 0.717) is 85.1 Å². The number of carboxylic acids is 1. The Hall–Kier alpha value is -10.6. The molecule has 2 saturated carbocycles. The van der Waals surface area contributed by atoms with Gasteiger partial charge in [-0.1, -0.05) is 30.3 Å². The van der Waals surface area contributed by atoms with Crippen LogP contribution < -0.4 is 45.0 Å². The number of carboxylic acid groups (broad SMARTS) is 1. The number of aromatic carboxylic acids is 1. The number of halogens is 2. The van der Waals surface area contributed by atoms with Crippen LogP contribution in [0.25, 0.3) is 44.1 Å². The number of rotatable bonds is 16. The number of carbonyl (C=O) groups excluding carboxylic acids is 1. The van der Waals surface area contributed by atoms with Gasteiger partial charge in [0.05, 0.1) is 63.4 Å². The van der Waals surface area contributed by atoms with Crippen molar-refractivity contribution >= 4 is 39.2 Å². The van der Waals surface area contributed by atoms with Crippen molar-refractivity contribution in [1.82, 2.24) is 39.5 Å². The molecule has 2 fully saturated rings. The molecule has 0 saturated heterocycles. The van der Waals surface area contributed by atoms with Gasteiger partial charge in [0.2, 0.25) is 28.3 Å². The zero-order valence-corrected chi connectivity index (χ0v) is 45.0. The summed E-state index contributed by atoms with van der Waals surface area (Å²) < 4.78 is 62.8. The topological polar surface area (TPSA) is 257 Å². The van der Waals surface area contributed by atoms with Crippen LogP contribution in [0.2, 0.25) is 0 Å². The second-order valence-corrected chi connectivity index (χ2v) is 19.0. The number of pyridine rings is 4. The number of aromatic nitrogens is 8. The Morgan fingerprint density at radius 3 is 1.40 bits per heavy atom. The third-order valence-electron chi connectivity index (χ3n) is 13.3. The predicted molar refractivity (Wildman–Crippen MR) is 302 cm³/mol. The Kier molecular flexibility index (Phi) is 16.4. The van der Waals surface area contributed by atoms with E-state index in [4.69, 9.17) is 39.3 Å². The van der Waals surface area contributed by atoms with Crippen molar-refractivity contribution in [2.24, 2.45) is 0 Å². The van der Waals surface area contributed by atoms with E-state index in [1.54, 1.807) is 119 Å². The number of anilines is 1. The second kappa shape index (κ2) is 24.4. The zero-order chi connectivity index (χ0) is 58.3. The lowest BCUT2D eigenvalue weighted by Crippen LogP contribution is -2.24. The average Bonchev–Trinajstić information content (AvgIpc) is 4.62. The molecule has 6 aromatic heterocycles. The van der Waals surface area contributed by atoms with Gasteiger partial charge in [0.1, 0.15) is 23.1 Å². The molecule has 0 atom stereocenters. The summed E-state index contributed by atoms with van der Waals surface area (Å²) in [6.45, 7) is 0. The van der Waals surface area contributed by atoms with Gasteiger partial charge in [-0.25, -0.2) is 23.5 Å². The number of nitrogens with two attached hydrogens (primary N) is 1. The van der Waals surface area contributed by atoms with E-state index in [0.717, 1.165) is 36.6 Å². The van der Waals surface area contributed by atoms with E-state index >= 15 is 0 Å². The lowest BCUT2D eigenvalue weighted by molar-refractivity contribution is 0.0685. The van der Waals surface area contributed by atoms with E-state index in [1.165, 1.54) is 59.4 Å². The standard InChI is InChI=1S/C31H25FN4O5.C16H15N3O3.C14H11FN2O3/c1-39-27-14-22-24(15-28(27)40-2)33-12-11-26(22)41-29-10-3-18(16-34-29)13-25(37)30-31(38)23(17-36(35-30)21-8-9-21)19-4-6-20(32)7-5-19;1-20-14-7-11-12(8-15(14)21-2)18-6-5-13(11)22-16-4-3-10(17)9-19-16;15-9-3-1-8(2-4-9)11-7-17(10-5-6-10)16-12(13(11)18)14(19)20/h3-7,10-12,14-17,21H,8-9,13H2,1-2H3;3-9H,17H2,1-2H3;1-4,7,10H,5-6H2,(H,19,20). The first-order chi connectivity index (χ1) is 40.2. The van der Waals surface area contributed by atoms with Gasteiger partial charge in [0.15, 0.2) is 34.5 Å². The summed E-state index contributed by atoms with van der Waals surface area (Å²) in [5.41, 5.74) is 7.98. The molecular weight excluding hydrogens is 1070 g/mol. The number of hydrogen-bond donors (Lipinski definition) is 2. The third-order valence-corrected chi connectivity index (χ3v) is 13.3. The largest absolute Gasteiger partial charge is 0.493 e.